The Bertz CT molecular complexity index is 4380. The van der Waals surface area contributed by atoms with Crippen LogP contribution in [0, 0.1) is 5.92 Å². The zero-order chi connectivity index (χ0) is 78.5. The molecule has 4 fully saturated rings. The van der Waals surface area contributed by atoms with Crippen molar-refractivity contribution in [2.24, 2.45) is 5.92 Å². The van der Waals surface area contributed by atoms with Crippen LogP contribution < -0.4 is 20.7 Å². The van der Waals surface area contributed by atoms with Crippen molar-refractivity contribution in [3.05, 3.63) is 313 Å². The van der Waals surface area contributed by atoms with Crippen molar-refractivity contribution in [1.29, 1.82) is 0 Å². The van der Waals surface area contributed by atoms with Gasteiger partial charge in [-0.15, -0.1) is 0 Å². The minimum absolute atomic E-state index is 0.0713. The third kappa shape index (κ3) is 18.5. The highest BCUT2D eigenvalue weighted by Crippen LogP contribution is 2.44. The number of benzene rings is 9. The fourth-order valence-electron chi connectivity index (χ4n) is 16.3. The largest absolute Gasteiger partial charge is 0.509 e. The molecule has 0 aromatic heterocycles. The Balaban J connectivity index is 0.902. The van der Waals surface area contributed by atoms with Gasteiger partial charge in [0.05, 0.1) is 69.8 Å². The summed E-state index contributed by atoms with van der Waals surface area (Å²) >= 11 is 0. The average molecular weight is 1570 g/mol. The topological polar surface area (TPSA) is 182 Å². The summed E-state index contributed by atoms with van der Waals surface area (Å²) in [5.74, 6) is -0.797. The predicted molar refractivity (Wildman–Crippen MR) is 433 cm³/mol. The summed E-state index contributed by atoms with van der Waals surface area (Å²) in [5, 5.41) is 3.15. The van der Waals surface area contributed by atoms with Gasteiger partial charge in [-0.1, -0.05) is 309 Å². The van der Waals surface area contributed by atoms with Crippen molar-refractivity contribution in [2.75, 3.05) is 13.2 Å². The lowest BCUT2D eigenvalue weighted by molar-refractivity contribution is -0.373. The van der Waals surface area contributed by atoms with E-state index in [-0.39, 0.29) is 45.6 Å². The minimum Gasteiger partial charge on any atom is -0.493 e. The van der Waals surface area contributed by atoms with Crippen molar-refractivity contribution in [2.45, 2.75) is 203 Å². The van der Waals surface area contributed by atoms with Crippen molar-refractivity contribution in [3.63, 3.8) is 0 Å². The number of esters is 1. The standard InChI is InChI=1S/C93H104O18Si2/c1-63-64(2)103-89(84(99-59-68-41-23-12-24-42-68)78(63)97-57-66-37-19-10-20-38-66)109-86-83-81(110-91(95)111-83)77(62-102-113(93(7,8)9,73-51-33-17-34-52-73)74-53-35-18-36-54-74)106-90(86)108-80-75(55-56-96-76(80)61-101-112(92(4,5)6,71-47-29-15-30-48-71)72-49-31-16-32-50-72)105-88-85(100-60-69-43-25-13-26-44-69)82(98-58-67-39-21-11-22-40-67)79(65(3)104-88)107-87(94)70-45-27-14-28-46-70/h10-56,63-65,75-86,88-90H,57-62H2,1-9H3/t63-,64?,65?,75+,76?,77?,78?,79?,80?,81?,82+,83-,84-,85?,86?,88+,89?,90-/m0/s1. The summed E-state index contributed by atoms with van der Waals surface area (Å²) in [7, 11) is -6.76. The molecule has 5 aliphatic heterocycles. The van der Waals surface area contributed by atoms with Gasteiger partial charge in [-0.2, -0.15) is 0 Å². The molecule has 11 unspecified atom stereocenters. The molecule has 5 aliphatic rings. The Morgan fingerprint density at radius 3 is 1.17 bits per heavy atom. The second-order valence-corrected chi connectivity index (χ2v) is 40.4. The first-order valence-corrected chi connectivity index (χ1v) is 43.2. The first-order valence-electron chi connectivity index (χ1n) is 39.4. The minimum atomic E-state index is -3.39. The number of ether oxygens (including phenoxy) is 14. The van der Waals surface area contributed by atoms with Gasteiger partial charge in [-0.3, -0.25) is 0 Å². The molecule has 9 aromatic carbocycles. The SMILES string of the molecule is CC1O[C@H](O[C@@H]2C=COC(CO[Si](c3ccccc3)(c3ccccc3)C(C)(C)C)C2O[C@@H]2OC(CO[Si](c3ccccc3)(c3ccccc3)C(C)(C)C)C3OC(=O)O[C@@H]3C2OC2OC(C)[C@H](C)C(OCc3ccccc3)[C@@H]2OCc2ccccc2)C(OCc2ccccc2)[C@H](OCc2ccccc2)C1OC(=O)c1ccccc1. The molecule has 18 atom stereocenters. The molecule has 592 valence electrons. The van der Waals surface area contributed by atoms with Gasteiger partial charge >= 0.3 is 12.1 Å². The van der Waals surface area contributed by atoms with E-state index in [1.165, 1.54) is 0 Å². The third-order valence-electron chi connectivity index (χ3n) is 22.2. The van der Waals surface area contributed by atoms with Gasteiger partial charge in [0.1, 0.15) is 42.7 Å². The second-order valence-electron chi connectivity index (χ2n) is 31.8. The predicted octanol–water partition coefficient (Wildman–Crippen LogP) is 14.5. The third-order valence-corrected chi connectivity index (χ3v) is 32.2. The molecule has 0 N–H and O–H groups in total. The Hall–Kier alpha value is -8.79. The molecular formula is C93H104O18Si2. The van der Waals surface area contributed by atoms with E-state index in [0.717, 1.165) is 43.0 Å². The summed E-state index contributed by atoms with van der Waals surface area (Å²) < 4.78 is 115. The highest BCUT2D eigenvalue weighted by atomic mass is 28.4. The molecule has 9 aromatic rings. The second kappa shape index (κ2) is 36.8. The quantitative estimate of drug-likeness (QED) is 0.0306. The maximum Gasteiger partial charge on any atom is 0.509 e. The maximum atomic E-state index is 14.5. The molecule has 0 bridgehead atoms. The molecule has 14 rings (SSSR count). The molecular weight excluding hydrogens is 1460 g/mol. The summed E-state index contributed by atoms with van der Waals surface area (Å²) in [4.78, 5) is 28.9. The van der Waals surface area contributed by atoms with E-state index in [1.807, 2.05) is 214 Å². The first-order chi connectivity index (χ1) is 54.8. The number of fused-ring (bicyclic) bond motifs is 1. The summed E-state index contributed by atoms with van der Waals surface area (Å²) in [6.45, 7) is 19.6. The van der Waals surface area contributed by atoms with Gasteiger partial charge < -0.3 is 75.2 Å². The van der Waals surface area contributed by atoms with E-state index in [4.69, 9.17) is 75.2 Å². The van der Waals surface area contributed by atoms with E-state index < -0.39 is 143 Å². The van der Waals surface area contributed by atoms with Crippen LogP contribution in [0.4, 0.5) is 4.79 Å². The number of hydrogen-bond acceptors (Lipinski definition) is 18. The van der Waals surface area contributed by atoms with Crippen molar-refractivity contribution in [3.8, 4) is 0 Å². The maximum absolute atomic E-state index is 14.5. The van der Waals surface area contributed by atoms with Gasteiger partial charge in [0.15, 0.2) is 43.3 Å². The van der Waals surface area contributed by atoms with E-state index in [9.17, 15) is 9.59 Å². The van der Waals surface area contributed by atoms with Crippen LogP contribution in [0.3, 0.4) is 0 Å². The van der Waals surface area contributed by atoms with Crippen LogP contribution in [0.1, 0.15) is 94.9 Å². The average Bonchev–Trinajstić information content (AvgIpc) is 1.11. The van der Waals surface area contributed by atoms with Gasteiger partial charge in [-0.25, -0.2) is 9.59 Å². The molecule has 0 spiro atoms. The van der Waals surface area contributed by atoms with Crippen LogP contribution in [-0.2, 0) is 102 Å². The van der Waals surface area contributed by atoms with Crippen molar-refractivity contribution in [1.82, 2.24) is 0 Å². The number of rotatable bonds is 30. The van der Waals surface area contributed by atoms with Crippen LogP contribution in [-0.4, -0.2) is 146 Å². The fraction of sp³-hybridized carbons (Fsp3) is 0.376. The fourth-order valence-corrected chi connectivity index (χ4v) is 25.5. The van der Waals surface area contributed by atoms with E-state index in [0.29, 0.717) is 5.56 Å². The van der Waals surface area contributed by atoms with E-state index in [2.05, 4.69) is 97.0 Å². The van der Waals surface area contributed by atoms with Gasteiger partial charge in [0, 0.05) is 5.92 Å². The van der Waals surface area contributed by atoms with E-state index >= 15 is 0 Å². The summed E-state index contributed by atoms with van der Waals surface area (Å²) in [5.41, 5.74) is 3.95. The van der Waals surface area contributed by atoms with Crippen LogP contribution in [0.2, 0.25) is 10.1 Å². The highest BCUT2D eigenvalue weighted by Gasteiger charge is 2.62. The van der Waals surface area contributed by atoms with Gasteiger partial charge in [0.25, 0.3) is 16.6 Å². The van der Waals surface area contributed by atoms with Crippen LogP contribution in [0.5, 0.6) is 0 Å². The molecule has 18 nitrogen and oxygen atoms in total. The summed E-state index contributed by atoms with van der Waals surface area (Å²) in [6.07, 6.45) is -15.8. The lowest BCUT2D eigenvalue weighted by atomic mass is 9.90. The monoisotopic (exact) mass is 1560 g/mol. The Morgan fingerprint density at radius 1 is 0.372 bits per heavy atom. The normalized spacial score (nSPS) is 27.3. The molecule has 0 radical (unpaired) electrons. The first kappa shape index (κ1) is 80.8. The van der Waals surface area contributed by atoms with E-state index in [1.54, 1.807) is 36.6 Å². The lowest BCUT2D eigenvalue weighted by Gasteiger charge is -2.50. The molecule has 0 amide bonds. The molecule has 0 saturated carbocycles. The van der Waals surface area contributed by atoms with Gasteiger partial charge in [0.2, 0.25) is 0 Å². The van der Waals surface area contributed by atoms with Crippen LogP contribution in [0.25, 0.3) is 0 Å². The van der Waals surface area contributed by atoms with Crippen LogP contribution in [0.15, 0.2) is 285 Å². The zero-order valence-corrected chi connectivity index (χ0v) is 67.6. The molecule has 0 aliphatic carbocycles. The number of hydrogen-bond donors (Lipinski definition) is 0. The number of carbonyl (C=O) groups is 2. The molecule has 20 heteroatoms. The summed E-state index contributed by atoms with van der Waals surface area (Å²) in [6, 6.07) is 89.6. The molecule has 4 saturated heterocycles. The zero-order valence-electron chi connectivity index (χ0n) is 65.6. The number of carbonyl (C=O) groups excluding carboxylic acids is 2. The highest BCUT2D eigenvalue weighted by molar-refractivity contribution is 7.00. The Morgan fingerprint density at radius 2 is 0.726 bits per heavy atom. The lowest BCUT2D eigenvalue weighted by Crippen LogP contribution is -2.69. The van der Waals surface area contributed by atoms with Crippen molar-refractivity contribution >= 4 is 49.5 Å². The Kier molecular flexibility index (Phi) is 26.3. The van der Waals surface area contributed by atoms with Gasteiger partial charge in [-0.05, 0) is 85.1 Å². The van der Waals surface area contributed by atoms with Crippen LogP contribution >= 0.6 is 0 Å². The molecule has 5 heterocycles. The van der Waals surface area contributed by atoms with Crippen molar-refractivity contribution < 1.29 is 84.8 Å². The smallest absolute Gasteiger partial charge is 0.493 e. The Labute approximate surface area is 666 Å². The molecule has 113 heavy (non-hydrogen) atoms.